The molecule has 14 heteroatoms. The number of hydrogen-bond donors (Lipinski definition) is 0. The van der Waals surface area contributed by atoms with Crippen LogP contribution in [0.15, 0.2) is 42.6 Å². The smallest absolute Gasteiger partial charge is 0.406 e. The van der Waals surface area contributed by atoms with E-state index >= 15 is 0 Å². The molecule has 2 saturated heterocycles. The van der Waals surface area contributed by atoms with Crippen LogP contribution in [0.2, 0.25) is 0 Å². The van der Waals surface area contributed by atoms with Gasteiger partial charge in [0.25, 0.3) is 0 Å². The van der Waals surface area contributed by atoms with Crippen molar-refractivity contribution in [2.24, 2.45) is 0 Å². The molecule has 0 N–H and O–H groups in total. The van der Waals surface area contributed by atoms with Crippen LogP contribution in [0.3, 0.4) is 0 Å². The van der Waals surface area contributed by atoms with Gasteiger partial charge in [-0.25, -0.2) is 4.98 Å². The molecule has 0 bridgehead atoms. The maximum atomic E-state index is 13.5. The van der Waals surface area contributed by atoms with Crippen molar-refractivity contribution in [3.05, 3.63) is 48.2 Å². The van der Waals surface area contributed by atoms with Gasteiger partial charge in [-0.1, -0.05) is 12.1 Å². The highest BCUT2D eigenvalue weighted by atomic mass is 19.4. The van der Waals surface area contributed by atoms with E-state index in [1.807, 2.05) is 16.7 Å². The Kier molecular flexibility index (Phi) is 7.12. The van der Waals surface area contributed by atoms with Crippen LogP contribution in [0, 0.1) is 0 Å². The van der Waals surface area contributed by atoms with Crippen LogP contribution < -0.4 is 19.4 Å². The van der Waals surface area contributed by atoms with E-state index in [4.69, 9.17) is 0 Å². The summed E-state index contributed by atoms with van der Waals surface area (Å²) in [5.41, 5.74) is -0.484. The third kappa shape index (κ3) is 6.09. The van der Waals surface area contributed by atoms with Crippen molar-refractivity contribution in [1.82, 2.24) is 19.9 Å². The van der Waals surface area contributed by atoms with Crippen LogP contribution in [-0.4, -0.2) is 65.1 Å². The topological polar surface area (TPSA) is 70.5 Å². The Hall–Kier alpha value is -3.84. The lowest BCUT2D eigenvalue weighted by Gasteiger charge is -2.36. The van der Waals surface area contributed by atoms with Crippen molar-refractivity contribution < 1.29 is 31.1 Å². The Morgan fingerprint density at radius 3 is 2.23 bits per heavy atom. The number of ether oxygens (including phenoxy) is 1. The minimum Gasteiger partial charge on any atom is -0.406 e. The van der Waals surface area contributed by atoms with E-state index in [9.17, 15) is 26.3 Å². The van der Waals surface area contributed by atoms with Gasteiger partial charge >= 0.3 is 12.5 Å². The van der Waals surface area contributed by atoms with Crippen LogP contribution in [0.5, 0.6) is 5.75 Å². The first-order chi connectivity index (χ1) is 18.5. The minimum atomic E-state index is -4.85. The maximum absolute atomic E-state index is 13.5. The van der Waals surface area contributed by atoms with E-state index in [-0.39, 0.29) is 30.8 Å². The van der Waals surface area contributed by atoms with Crippen LogP contribution in [-0.2, 0) is 6.18 Å². The number of hydrogen-bond acceptors (Lipinski definition) is 8. The van der Waals surface area contributed by atoms with Gasteiger partial charge in [-0.15, -0.1) is 13.2 Å². The van der Waals surface area contributed by atoms with Crippen molar-refractivity contribution in [2.75, 3.05) is 47.4 Å². The third-order valence-corrected chi connectivity index (χ3v) is 6.70. The molecule has 0 amide bonds. The minimum absolute atomic E-state index is 0.131. The van der Waals surface area contributed by atoms with Crippen LogP contribution >= 0.6 is 0 Å². The number of pyridine rings is 1. The van der Waals surface area contributed by atoms with Gasteiger partial charge in [-0.3, -0.25) is 0 Å². The molecule has 3 aromatic rings. The highest BCUT2D eigenvalue weighted by molar-refractivity contribution is 5.61. The van der Waals surface area contributed by atoms with Gasteiger partial charge in [0, 0.05) is 50.5 Å². The molecular formula is C25H25F6N7O. The molecule has 0 aliphatic carbocycles. The molecule has 1 atom stereocenters. The molecule has 39 heavy (non-hydrogen) atoms. The molecule has 1 unspecified atom stereocenters. The van der Waals surface area contributed by atoms with Gasteiger partial charge in [0.1, 0.15) is 11.6 Å². The third-order valence-electron chi connectivity index (χ3n) is 6.70. The van der Waals surface area contributed by atoms with Crippen molar-refractivity contribution in [3.63, 3.8) is 0 Å². The highest BCUT2D eigenvalue weighted by Crippen LogP contribution is 2.36. The fraction of sp³-hybridized carbons (Fsp3) is 0.440. The molecule has 0 radical (unpaired) electrons. The number of halogens is 6. The molecule has 4 heterocycles. The van der Waals surface area contributed by atoms with E-state index < -0.39 is 23.9 Å². The summed E-state index contributed by atoms with van der Waals surface area (Å²) in [5.74, 6) is 0.339. The van der Waals surface area contributed by atoms with E-state index in [1.54, 1.807) is 11.0 Å². The second-order valence-electron chi connectivity index (χ2n) is 9.37. The fourth-order valence-electron chi connectivity index (χ4n) is 4.80. The van der Waals surface area contributed by atoms with Gasteiger partial charge in [0.2, 0.25) is 11.9 Å². The first-order valence-electron chi connectivity index (χ1n) is 12.4. The van der Waals surface area contributed by atoms with Gasteiger partial charge in [-0.2, -0.15) is 28.1 Å². The molecule has 208 valence electrons. The number of rotatable bonds is 5. The Bertz CT molecular complexity index is 1310. The summed E-state index contributed by atoms with van der Waals surface area (Å²) in [6.07, 6.45) is -6.17. The standard InChI is InChI=1S/C25H25F6N7O/c1-16-5-4-10-38(16)23-34-20(17-6-2-7-18(15-17)39-25(29,30)31)33-22(35-23)37-13-11-36(12-14-37)21-19(24(26,27)28)8-3-9-32-21/h2-3,6-9,15-16H,4-5,10-14H2,1H3. The SMILES string of the molecule is CC1CCCN1c1nc(-c2cccc(OC(F)(F)F)c2)nc(N2CCN(c3ncccc3C(F)(F)F)CC2)n1. The summed E-state index contributed by atoms with van der Waals surface area (Å²) >= 11 is 0. The molecule has 2 aromatic heterocycles. The molecule has 0 saturated carbocycles. The average molecular weight is 554 g/mol. The summed E-state index contributed by atoms with van der Waals surface area (Å²) in [5, 5.41) is 0. The molecule has 2 aliphatic rings. The van der Waals surface area contributed by atoms with Crippen molar-refractivity contribution in [2.45, 2.75) is 38.3 Å². The number of anilines is 3. The van der Waals surface area contributed by atoms with Crippen molar-refractivity contribution in [3.8, 4) is 17.1 Å². The monoisotopic (exact) mass is 553 g/mol. The van der Waals surface area contributed by atoms with Gasteiger partial charge in [-0.05, 0) is 44.0 Å². The molecule has 8 nitrogen and oxygen atoms in total. The summed E-state index contributed by atoms with van der Waals surface area (Å²) in [6.45, 7) is 3.86. The van der Waals surface area contributed by atoms with E-state index in [2.05, 4.69) is 24.7 Å². The summed E-state index contributed by atoms with van der Waals surface area (Å²) in [4.78, 5) is 23.2. The largest absolute Gasteiger partial charge is 0.573 e. The number of alkyl halides is 6. The lowest BCUT2D eigenvalue weighted by atomic mass is 10.2. The number of aromatic nitrogens is 4. The normalized spacial score (nSPS) is 18.5. The quantitative estimate of drug-likeness (QED) is 0.401. The highest BCUT2D eigenvalue weighted by Gasteiger charge is 2.37. The Morgan fingerprint density at radius 1 is 0.846 bits per heavy atom. The van der Waals surface area contributed by atoms with Crippen LogP contribution in [0.4, 0.5) is 44.1 Å². The van der Waals surface area contributed by atoms with E-state index in [1.165, 1.54) is 30.5 Å². The second-order valence-corrected chi connectivity index (χ2v) is 9.37. The Balaban J connectivity index is 1.44. The zero-order valence-corrected chi connectivity index (χ0v) is 20.9. The number of benzene rings is 1. The Labute approximate surface area is 220 Å². The molecule has 1 aromatic carbocycles. The van der Waals surface area contributed by atoms with Crippen LogP contribution in [0.25, 0.3) is 11.4 Å². The summed E-state index contributed by atoms with van der Waals surface area (Å²) in [6, 6.07) is 7.82. The van der Waals surface area contributed by atoms with Crippen molar-refractivity contribution >= 4 is 17.7 Å². The summed E-state index contributed by atoms with van der Waals surface area (Å²) < 4.78 is 83.0. The number of piperazine rings is 1. The zero-order chi connectivity index (χ0) is 27.8. The van der Waals surface area contributed by atoms with Gasteiger partial charge in [0.15, 0.2) is 5.82 Å². The molecular weight excluding hydrogens is 528 g/mol. The zero-order valence-electron chi connectivity index (χ0n) is 20.9. The molecule has 0 spiro atoms. The van der Waals surface area contributed by atoms with Crippen molar-refractivity contribution in [1.29, 1.82) is 0 Å². The molecule has 2 fully saturated rings. The summed E-state index contributed by atoms with van der Waals surface area (Å²) in [7, 11) is 0. The first kappa shape index (κ1) is 26.8. The lowest BCUT2D eigenvalue weighted by Crippen LogP contribution is -2.48. The first-order valence-corrected chi connectivity index (χ1v) is 12.4. The fourth-order valence-corrected chi connectivity index (χ4v) is 4.80. The Morgan fingerprint density at radius 2 is 1.56 bits per heavy atom. The predicted octanol–water partition coefficient (Wildman–Crippen LogP) is 5.17. The average Bonchev–Trinajstić information content (AvgIpc) is 3.33. The van der Waals surface area contributed by atoms with E-state index in [0.29, 0.717) is 30.5 Å². The van der Waals surface area contributed by atoms with Gasteiger partial charge < -0.3 is 19.4 Å². The van der Waals surface area contributed by atoms with Crippen LogP contribution in [0.1, 0.15) is 25.3 Å². The second kappa shape index (κ2) is 10.4. The number of nitrogens with zero attached hydrogens (tertiary/aromatic N) is 7. The lowest BCUT2D eigenvalue weighted by molar-refractivity contribution is -0.274. The molecule has 5 rings (SSSR count). The predicted molar refractivity (Wildman–Crippen MR) is 132 cm³/mol. The van der Waals surface area contributed by atoms with E-state index in [0.717, 1.165) is 25.5 Å². The molecule has 2 aliphatic heterocycles. The maximum Gasteiger partial charge on any atom is 0.573 e. The van der Waals surface area contributed by atoms with Gasteiger partial charge in [0.05, 0.1) is 5.56 Å².